The zero-order valence-electron chi connectivity index (χ0n) is 10.8. The zero-order chi connectivity index (χ0) is 13.9. The Morgan fingerprint density at radius 2 is 2.11 bits per heavy atom. The van der Waals surface area contributed by atoms with Crippen molar-refractivity contribution in [2.75, 3.05) is 20.3 Å². The average molecular weight is 273 g/mol. The van der Waals surface area contributed by atoms with E-state index in [1.165, 1.54) is 6.07 Å². The van der Waals surface area contributed by atoms with Crippen LogP contribution in [0.1, 0.15) is 30.0 Å². The van der Waals surface area contributed by atoms with Crippen LogP contribution in [0.2, 0.25) is 0 Å². The molecule has 2 nitrogen and oxygen atoms in total. The molecule has 0 bridgehead atoms. The van der Waals surface area contributed by atoms with Gasteiger partial charge in [0.25, 0.3) is 0 Å². The number of rotatable bonds is 4. The third-order valence-electron chi connectivity index (χ3n) is 3.58. The Morgan fingerprint density at radius 3 is 2.68 bits per heavy atom. The van der Waals surface area contributed by atoms with Crippen molar-refractivity contribution in [3.8, 4) is 0 Å². The number of nitrogens with one attached hydrogen (secondary N) is 1. The molecule has 0 spiro atoms. The monoisotopic (exact) mass is 273 g/mol. The smallest absolute Gasteiger partial charge is 0.381 e. The lowest BCUT2D eigenvalue weighted by atomic mass is 9.91. The minimum absolute atomic E-state index is 0.287. The normalized spacial score (nSPS) is 21.6. The fraction of sp³-hybridized carbons (Fsp3) is 0.571. The summed E-state index contributed by atoms with van der Waals surface area (Å²) in [6.07, 6.45) is -2.71. The lowest BCUT2D eigenvalue weighted by Gasteiger charge is -2.23. The van der Waals surface area contributed by atoms with E-state index in [-0.39, 0.29) is 6.04 Å². The van der Waals surface area contributed by atoms with E-state index >= 15 is 0 Å². The van der Waals surface area contributed by atoms with Crippen LogP contribution in [-0.2, 0) is 10.9 Å². The highest BCUT2D eigenvalue weighted by atomic mass is 19.4. The first-order valence-corrected chi connectivity index (χ1v) is 6.43. The Morgan fingerprint density at radius 1 is 1.37 bits per heavy atom. The Kier molecular flexibility index (Phi) is 4.47. The molecule has 1 N–H and O–H groups in total. The van der Waals surface area contributed by atoms with Gasteiger partial charge in [-0.15, -0.1) is 0 Å². The van der Waals surface area contributed by atoms with Gasteiger partial charge in [0, 0.05) is 19.3 Å². The van der Waals surface area contributed by atoms with E-state index in [2.05, 4.69) is 5.32 Å². The molecular weight excluding hydrogens is 255 g/mol. The first kappa shape index (κ1) is 14.3. The van der Waals surface area contributed by atoms with E-state index in [0.717, 1.165) is 12.5 Å². The van der Waals surface area contributed by atoms with Gasteiger partial charge in [-0.05, 0) is 37.4 Å². The first-order valence-electron chi connectivity index (χ1n) is 6.43. The van der Waals surface area contributed by atoms with Gasteiger partial charge in [0.1, 0.15) is 0 Å². The molecular formula is C14H18F3NO. The molecule has 0 saturated carbocycles. The summed E-state index contributed by atoms with van der Waals surface area (Å²) in [4.78, 5) is 0. The van der Waals surface area contributed by atoms with Crippen LogP contribution in [0.25, 0.3) is 0 Å². The maximum atomic E-state index is 13.0. The van der Waals surface area contributed by atoms with Gasteiger partial charge in [-0.3, -0.25) is 0 Å². The first-order chi connectivity index (χ1) is 9.02. The summed E-state index contributed by atoms with van der Waals surface area (Å²) in [7, 11) is 1.70. The molecule has 1 heterocycles. The van der Waals surface area contributed by atoms with E-state index in [9.17, 15) is 13.2 Å². The van der Waals surface area contributed by atoms with Crippen LogP contribution in [0.4, 0.5) is 13.2 Å². The summed E-state index contributed by atoms with van der Waals surface area (Å²) >= 11 is 0. The highest BCUT2D eigenvalue weighted by Gasteiger charge is 2.35. The van der Waals surface area contributed by atoms with Crippen LogP contribution in [0.3, 0.4) is 0 Å². The van der Waals surface area contributed by atoms with Crippen LogP contribution in [-0.4, -0.2) is 20.3 Å². The molecule has 1 aliphatic rings. The molecule has 0 aliphatic carbocycles. The van der Waals surface area contributed by atoms with Gasteiger partial charge in [0.2, 0.25) is 0 Å². The van der Waals surface area contributed by atoms with Gasteiger partial charge in [-0.1, -0.05) is 18.2 Å². The Bertz CT molecular complexity index is 413. The number of hydrogen-bond donors (Lipinski definition) is 1. The van der Waals surface area contributed by atoms with Crippen molar-refractivity contribution in [3.63, 3.8) is 0 Å². The topological polar surface area (TPSA) is 21.3 Å². The number of alkyl halides is 3. The molecule has 1 aromatic rings. The molecule has 0 aromatic heterocycles. The van der Waals surface area contributed by atoms with Crippen molar-refractivity contribution < 1.29 is 17.9 Å². The van der Waals surface area contributed by atoms with Gasteiger partial charge in [0.05, 0.1) is 5.56 Å². The predicted molar refractivity (Wildman–Crippen MR) is 66.8 cm³/mol. The Hall–Kier alpha value is -1.07. The lowest BCUT2D eigenvalue weighted by Crippen LogP contribution is -2.23. The molecule has 1 aromatic carbocycles. The summed E-state index contributed by atoms with van der Waals surface area (Å²) < 4.78 is 44.3. The van der Waals surface area contributed by atoms with E-state index in [4.69, 9.17) is 4.74 Å². The van der Waals surface area contributed by atoms with E-state index in [1.54, 1.807) is 19.2 Å². The summed E-state index contributed by atoms with van der Waals surface area (Å²) in [5, 5.41) is 3.00. The molecule has 1 saturated heterocycles. The zero-order valence-corrected chi connectivity index (χ0v) is 10.8. The molecule has 0 radical (unpaired) electrons. The van der Waals surface area contributed by atoms with Crippen LogP contribution >= 0.6 is 0 Å². The fourth-order valence-corrected chi connectivity index (χ4v) is 2.56. The number of halogens is 3. The Labute approximate surface area is 111 Å². The molecule has 5 heteroatoms. The van der Waals surface area contributed by atoms with E-state index in [0.29, 0.717) is 31.1 Å². The maximum absolute atomic E-state index is 13.0. The van der Waals surface area contributed by atoms with E-state index in [1.807, 2.05) is 0 Å². The van der Waals surface area contributed by atoms with Crippen LogP contribution < -0.4 is 5.32 Å². The second kappa shape index (κ2) is 5.92. The lowest BCUT2D eigenvalue weighted by molar-refractivity contribution is -0.138. The van der Waals surface area contributed by atoms with Crippen LogP contribution in [0.5, 0.6) is 0 Å². The molecule has 106 valence electrons. The summed E-state index contributed by atoms with van der Waals surface area (Å²) in [5.74, 6) is 0.332. The fourth-order valence-electron chi connectivity index (χ4n) is 2.56. The predicted octanol–water partition coefficient (Wildman–Crippen LogP) is 3.39. The highest BCUT2D eigenvalue weighted by molar-refractivity contribution is 5.32. The van der Waals surface area contributed by atoms with Crippen molar-refractivity contribution in [1.82, 2.24) is 5.32 Å². The third kappa shape index (κ3) is 3.48. The number of hydrogen-bond acceptors (Lipinski definition) is 2. The second-order valence-corrected chi connectivity index (χ2v) is 4.89. The van der Waals surface area contributed by atoms with Crippen LogP contribution in [0.15, 0.2) is 24.3 Å². The number of ether oxygens (including phenoxy) is 1. The van der Waals surface area contributed by atoms with E-state index < -0.39 is 11.7 Å². The standard InChI is InChI=1S/C14H18F3NO/c1-18-13(8-10-6-7-19-9-10)11-4-2-3-5-12(11)14(15,16)17/h2-5,10,13,18H,6-9H2,1H3. The van der Waals surface area contributed by atoms with Crippen molar-refractivity contribution in [3.05, 3.63) is 35.4 Å². The molecule has 2 atom stereocenters. The molecule has 1 aliphatic heterocycles. The third-order valence-corrected chi connectivity index (χ3v) is 3.58. The molecule has 0 amide bonds. The Balaban J connectivity index is 2.22. The summed E-state index contributed by atoms with van der Waals surface area (Å²) in [5.41, 5.74) is -0.224. The van der Waals surface area contributed by atoms with Crippen molar-refractivity contribution in [2.24, 2.45) is 5.92 Å². The van der Waals surface area contributed by atoms with Crippen LogP contribution in [0, 0.1) is 5.92 Å². The minimum atomic E-state index is -4.31. The average Bonchev–Trinajstić information content (AvgIpc) is 2.88. The molecule has 1 fully saturated rings. The van der Waals surface area contributed by atoms with Crippen molar-refractivity contribution >= 4 is 0 Å². The molecule has 19 heavy (non-hydrogen) atoms. The summed E-state index contributed by atoms with van der Waals surface area (Å²) in [6.45, 7) is 1.36. The van der Waals surface area contributed by atoms with Gasteiger partial charge in [-0.2, -0.15) is 13.2 Å². The van der Waals surface area contributed by atoms with Gasteiger partial charge >= 0.3 is 6.18 Å². The van der Waals surface area contributed by atoms with Gasteiger partial charge in [0.15, 0.2) is 0 Å². The molecule has 2 unspecified atom stereocenters. The number of benzene rings is 1. The van der Waals surface area contributed by atoms with Gasteiger partial charge in [-0.25, -0.2) is 0 Å². The highest BCUT2D eigenvalue weighted by Crippen LogP contribution is 2.36. The quantitative estimate of drug-likeness (QED) is 0.908. The summed E-state index contributed by atoms with van der Waals surface area (Å²) in [6, 6.07) is 5.49. The SMILES string of the molecule is CNC(CC1CCOC1)c1ccccc1C(F)(F)F. The van der Waals surface area contributed by atoms with Crippen molar-refractivity contribution in [1.29, 1.82) is 0 Å². The van der Waals surface area contributed by atoms with Crippen molar-refractivity contribution in [2.45, 2.75) is 25.1 Å². The maximum Gasteiger partial charge on any atom is 0.416 e. The largest absolute Gasteiger partial charge is 0.416 e. The molecule has 2 rings (SSSR count). The van der Waals surface area contributed by atoms with Gasteiger partial charge < -0.3 is 10.1 Å². The minimum Gasteiger partial charge on any atom is -0.381 e. The second-order valence-electron chi connectivity index (χ2n) is 4.89.